The van der Waals surface area contributed by atoms with E-state index in [1.165, 1.54) is 177 Å². The van der Waals surface area contributed by atoms with Crippen molar-refractivity contribution in [3.63, 3.8) is 0 Å². The minimum Gasteiger partial charge on any atom is -0.354 e. The van der Waals surface area contributed by atoms with E-state index in [2.05, 4.69) is 200 Å². The molecule has 12 heteroatoms. The quantitative estimate of drug-likeness (QED) is 0.0294. The van der Waals surface area contributed by atoms with Gasteiger partial charge in [0.15, 0.2) is 0 Å². The number of H-pyrrole nitrogens is 2. The summed E-state index contributed by atoms with van der Waals surface area (Å²) in [6.45, 7) is 26.2. The molecule has 8 bridgehead atoms. The minimum atomic E-state index is 0.953. The maximum Gasteiger partial charge on any atom is 0.293 e. The second kappa shape index (κ2) is 37.4. The Balaban J connectivity index is 1.45. The van der Waals surface area contributed by atoms with E-state index < -0.39 is 0 Å². The molecule has 0 unspecified atom stereocenters. The van der Waals surface area contributed by atoms with Crippen molar-refractivity contribution in [1.82, 2.24) is 38.2 Å². The topological polar surface area (TPSA) is 92.6 Å². The lowest BCUT2D eigenvalue weighted by Crippen LogP contribution is -2.35. The number of nitrogens with one attached hydrogen (secondary N) is 2. The van der Waals surface area contributed by atoms with Crippen LogP contribution in [-0.4, -0.2) is 38.2 Å². The number of unbranched alkanes of at least 4 members (excludes halogenated alkanes) is 24. The summed E-state index contributed by atoms with van der Waals surface area (Å²) in [5.74, 6) is 4.91. The van der Waals surface area contributed by atoms with Crippen LogP contribution in [0.5, 0.6) is 0 Å². The average Bonchev–Trinajstić information content (AvgIpc) is 1.60. The average molecular weight is 1250 g/mol. The van der Waals surface area contributed by atoms with E-state index in [-0.39, 0.29) is 0 Å². The third kappa shape index (κ3) is 18.0. The molecule has 0 atom stereocenters. The molecule has 0 spiro atoms. The van der Waals surface area contributed by atoms with E-state index in [4.69, 9.17) is 9.97 Å². The standard InChI is InChI=1S/C80H121N12/c1-9-17-25-33-49-85-57-58-86(50-34-26-18-10-2)77(85)73-65-41-43-67(81-65)74(78-87(51-35-27-19-11-3)59-60-88(78)52-36-28-20-12-4)69-45-47-71(83-69)76(80-91(55-39-31-23-15-7)63-64-92(80)56-40-32-24-16-8)72-48-46-70(84-72)75(68-44-42-66(73)82-68)79-89(53-37-29-21-13-5)61-62-90(79)54-38-30-22-14-6/h41-48,57-64H,9-40,49-56H2,1-8H3,(H,81,82,83,84)/q+3/p+1. The number of fused-ring (bicyclic) bond motifs is 8. The number of aromatic nitrogens is 12. The fourth-order valence-electron chi connectivity index (χ4n) is 14.3. The molecule has 0 aromatic carbocycles. The molecule has 2 N–H and O–H groups in total. The van der Waals surface area contributed by atoms with Crippen LogP contribution in [0.2, 0.25) is 0 Å². The molecular formula is C80H122N12+4. The number of rotatable bonds is 44. The van der Waals surface area contributed by atoms with Gasteiger partial charge in [0.05, 0.1) is 97.2 Å². The Morgan fingerprint density at radius 2 is 0.478 bits per heavy atom. The molecule has 0 aliphatic carbocycles. The van der Waals surface area contributed by atoms with Gasteiger partial charge >= 0.3 is 0 Å². The summed E-state index contributed by atoms with van der Waals surface area (Å²) in [5.41, 5.74) is 12.9. The van der Waals surface area contributed by atoms with Crippen molar-refractivity contribution in [2.45, 2.75) is 313 Å². The van der Waals surface area contributed by atoms with Crippen molar-refractivity contribution in [1.29, 1.82) is 0 Å². The van der Waals surface area contributed by atoms with E-state index in [1.54, 1.807) is 0 Å². The summed E-state index contributed by atoms with van der Waals surface area (Å²) < 4.78 is 20.6. The Bertz CT molecular complexity index is 3010. The third-order valence-corrected chi connectivity index (χ3v) is 19.6. The first kappa shape index (κ1) is 69.8. The van der Waals surface area contributed by atoms with Gasteiger partial charge in [-0.25, -0.2) is 46.5 Å². The van der Waals surface area contributed by atoms with Gasteiger partial charge in [0.1, 0.15) is 71.8 Å². The molecule has 2 aliphatic heterocycles. The highest BCUT2D eigenvalue weighted by atomic mass is 15.2. The minimum absolute atomic E-state index is 0.953. The zero-order valence-electron chi connectivity index (χ0n) is 59.0. The zero-order valence-corrected chi connectivity index (χ0v) is 59.0. The van der Waals surface area contributed by atoms with Crippen LogP contribution < -0.4 is 18.3 Å². The van der Waals surface area contributed by atoms with Gasteiger partial charge in [0.2, 0.25) is 0 Å². The van der Waals surface area contributed by atoms with Crippen molar-refractivity contribution in [2.24, 2.45) is 0 Å². The number of aryl methyl sites for hydroxylation is 8. The van der Waals surface area contributed by atoms with Gasteiger partial charge in [0.25, 0.3) is 23.3 Å². The summed E-state index contributed by atoms with van der Waals surface area (Å²) in [4.78, 5) is 20.7. The third-order valence-electron chi connectivity index (χ3n) is 19.6. The molecule has 0 fully saturated rings. The molecule has 9 rings (SSSR count). The van der Waals surface area contributed by atoms with Crippen molar-refractivity contribution in [3.05, 3.63) is 96.6 Å². The van der Waals surface area contributed by atoms with Crippen molar-refractivity contribution < 1.29 is 18.3 Å². The van der Waals surface area contributed by atoms with E-state index in [0.29, 0.717) is 0 Å². The first-order valence-corrected chi connectivity index (χ1v) is 37.9. The van der Waals surface area contributed by atoms with Gasteiger partial charge in [0, 0.05) is 0 Å². The first-order valence-electron chi connectivity index (χ1n) is 37.9. The monoisotopic (exact) mass is 1250 g/mol. The summed E-state index contributed by atoms with van der Waals surface area (Å²) in [6, 6.07) is 9.53. The van der Waals surface area contributed by atoms with Gasteiger partial charge in [-0.05, 0) is 151 Å². The molecule has 0 saturated heterocycles. The number of hydrogen-bond acceptors (Lipinski definition) is 2. The highest BCUT2D eigenvalue weighted by Crippen LogP contribution is 2.38. The number of nitrogens with zero attached hydrogens (tertiary/aromatic N) is 10. The van der Waals surface area contributed by atoms with E-state index >= 15 is 0 Å². The van der Waals surface area contributed by atoms with Crippen LogP contribution in [0, 0.1) is 0 Å². The maximum atomic E-state index is 6.08. The molecule has 0 saturated carbocycles. The molecule has 0 amide bonds. The number of hydrogen-bond donors (Lipinski definition) is 2. The first-order chi connectivity index (χ1) is 45.4. The van der Waals surface area contributed by atoms with Crippen LogP contribution >= 0.6 is 0 Å². The number of aromatic amines is 2. The van der Waals surface area contributed by atoms with Gasteiger partial charge in [-0.1, -0.05) is 158 Å². The molecule has 7 aromatic rings. The highest BCUT2D eigenvalue weighted by molar-refractivity contribution is 5.97. The maximum absolute atomic E-state index is 6.08. The van der Waals surface area contributed by atoms with Gasteiger partial charge in [-0.3, -0.25) is 0 Å². The summed E-state index contributed by atoms with van der Waals surface area (Å²) >= 11 is 0. The second-order valence-electron chi connectivity index (χ2n) is 27.0. The second-order valence-corrected chi connectivity index (χ2v) is 27.0. The van der Waals surface area contributed by atoms with E-state index in [9.17, 15) is 0 Å². The molecular weight excluding hydrogens is 1130 g/mol. The lowest BCUT2D eigenvalue weighted by Gasteiger charge is -2.09. The molecule has 2 aliphatic rings. The Hall–Kier alpha value is -6.56. The van der Waals surface area contributed by atoms with Crippen LogP contribution in [0.1, 0.15) is 284 Å². The lowest BCUT2D eigenvalue weighted by atomic mass is 10.1. The Morgan fingerprint density at radius 3 is 0.685 bits per heavy atom. The van der Waals surface area contributed by atoms with Crippen molar-refractivity contribution in [2.75, 3.05) is 0 Å². The largest absolute Gasteiger partial charge is 0.354 e. The Labute approximate surface area is 555 Å². The molecule has 9 heterocycles. The normalized spacial score (nSPS) is 12.3. The van der Waals surface area contributed by atoms with E-state index in [0.717, 1.165) is 171 Å². The molecule has 0 radical (unpaired) electrons. The van der Waals surface area contributed by atoms with Crippen LogP contribution in [0.25, 0.3) is 91.9 Å². The molecule has 12 nitrogen and oxygen atoms in total. The highest BCUT2D eigenvalue weighted by Gasteiger charge is 2.33. The summed E-state index contributed by atoms with van der Waals surface area (Å²) in [6.07, 6.45) is 66.8. The van der Waals surface area contributed by atoms with Crippen molar-refractivity contribution >= 4 is 46.4 Å². The fourth-order valence-corrected chi connectivity index (χ4v) is 14.3. The fraction of sp³-hybridized carbons (Fsp3) is 0.600. The van der Waals surface area contributed by atoms with Crippen LogP contribution in [0.4, 0.5) is 0 Å². The van der Waals surface area contributed by atoms with Gasteiger partial charge < -0.3 is 9.97 Å². The number of imidazole rings is 4. The van der Waals surface area contributed by atoms with Crippen molar-refractivity contribution in [3.8, 4) is 45.6 Å². The summed E-state index contributed by atoms with van der Waals surface area (Å²) in [7, 11) is 0. The Morgan fingerprint density at radius 1 is 0.272 bits per heavy atom. The SMILES string of the molecule is CCCCCCn1cc[n+](CCCCCC)c1-c1c2nc(c(-c3n(CCCCCC)cc[n+]3CCCCCC)c3ccc([nH]3)c(-c3n(CCCCCC)cc[n+]3CCCCCC)c3nc(c(-c4n(CCCCCC)cc[n+]4CCCCCC)c4ccc1[nH]4)C=C3)C=C2. The Kier molecular flexibility index (Phi) is 28.3. The van der Waals surface area contributed by atoms with Crippen LogP contribution in [0.15, 0.2) is 73.8 Å². The smallest absolute Gasteiger partial charge is 0.293 e. The molecule has 92 heavy (non-hydrogen) atoms. The van der Waals surface area contributed by atoms with Gasteiger partial charge in [-0.15, -0.1) is 0 Å². The summed E-state index contributed by atoms with van der Waals surface area (Å²) in [5, 5.41) is 0. The molecule has 498 valence electrons. The van der Waals surface area contributed by atoms with Crippen LogP contribution in [0.3, 0.4) is 0 Å². The van der Waals surface area contributed by atoms with Crippen LogP contribution in [-0.2, 0) is 52.4 Å². The zero-order chi connectivity index (χ0) is 64.3. The lowest BCUT2D eigenvalue weighted by molar-refractivity contribution is -0.686. The predicted octanol–water partition coefficient (Wildman–Crippen LogP) is 20.3. The van der Waals surface area contributed by atoms with Gasteiger partial charge in [-0.2, -0.15) is 0 Å². The predicted molar refractivity (Wildman–Crippen MR) is 386 cm³/mol. The molecule has 7 aromatic heterocycles. The van der Waals surface area contributed by atoms with E-state index in [1.807, 2.05) is 0 Å².